The van der Waals surface area contributed by atoms with Gasteiger partial charge < -0.3 is 14.9 Å². The Bertz CT molecular complexity index is 1460. The van der Waals surface area contributed by atoms with E-state index in [1.807, 2.05) is 60.4 Å². The van der Waals surface area contributed by atoms with Gasteiger partial charge >= 0.3 is 0 Å². The summed E-state index contributed by atoms with van der Waals surface area (Å²) in [5, 5.41) is 1.91. The Morgan fingerprint density at radius 3 is 2.69 bits per heavy atom. The predicted octanol–water partition coefficient (Wildman–Crippen LogP) is 3.93. The third-order valence-corrected chi connectivity index (χ3v) is 6.91. The van der Waals surface area contributed by atoms with Gasteiger partial charge in [0.1, 0.15) is 0 Å². The number of amides is 2. The zero-order valence-electron chi connectivity index (χ0n) is 17.9. The van der Waals surface area contributed by atoms with Crippen LogP contribution in [0.15, 0.2) is 60.9 Å². The molecule has 2 aromatic carbocycles. The molecule has 6 nitrogen and oxygen atoms in total. The fourth-order valence-corrected chi connectivity index (χ4v) is 5.42. The second-order valence-electron chi connectivity index (χ2n) is 8.71. The number of aromatic nitrogens is 2. The van der Waals surface area contributed by atoms with Gasteiger partial charge in [-0.05, 0) is 37.4 Å². The predicted molar refractivity (Wildman–Crippen MR) is 126 cm³/mol. The van der Waals surface area contributed by atoms with Gasteiger partial charge in [0, 0.05) is 53.4 Å². The van der Waals surface area contributed by atoms with E-state index < -0.39 is 0 Å². The Kier molecular flexibility index (Phi) is 4.13. The van der Waals surface area contributed by atoms with Crippen molar-refractivity contribution in [3.8, 4) is 0 Å². The average molecular weight is 425 g/mol. The summed E-state index contributed by atoms with van der Waals surface area (Å²) in [4.78, 5) is 28.1. The van der Waals surface area contributed by atoms with Crippen molar-refractivity contribution < 1.29 is 9.59 Å². The molecule has 1 unspecified atom stereocenters. The van der Waals surface area contributed by atoms with Crippen molar-refractivity contribution >= 4 is 44.9 Å². The molecule has 2 aliphatic rings. The average Bonchev–Trinajstić information content (AvgIpc) is 3.43. The largest absolute Gasteiger partial charge is 0.350 e. The standard InChI is InChI=1S/C26H24N4O2/c1-28-14-21(18-6-2-3-8-22(18)28)20-13-24(31)30(26(20)32)23-15-29-17(11-12-27)10-9-16-5-4-7-19(23)25(16)29/h2-8,13-15,17H,9-12,27H2,1H3. The van der Waals surface area contributed by atoms with Crippen LogP contribution in [-0.4, -0.2) is 27.5 Å². The summed E-state index contributed by atoms with van der Waals surface area (Å²) in [5.41, 5.74) is 11.2. The lowest BCUT2D eigenvalue weighted by atomic mass is 9.97. The normalized spacial score (nSPS) is 18.2. The quantitative estimate of drug-likeness (QED) is 0.505. The Morgan fingerprint density at radius 2 is 1.84 bits per heavy atom. The van der Waals surface area contributed by atoms with E-state index in [-0.39, 0.29) is 17.9 Å². The molecule has 2 aromatic heterocycles. The summed E-state index contributed by atoms with van der Waals surface area (Å²) in [7, 11) is 1.95. The fourth-order valence-electron chi connectivity index (χ4n) is 5.42. The minimum Gasteiger partial charge on any atom is -0.350 e. The molecule has 0 aliphatic carbocycles. The lowest BCUT2D eigenvalue weighted by molar-refractivity contribution is -0.119. The number of anilines is 1. The van der Waals surface area contributed by atoms with Gasteiger partial charge in [-0.15, -0.1) is 0 Å². The highest BCUT2D eigenvalue weighted by atomic mass is 16.2. The number of hydrogen-bond acceptors (Lipinski definition) is 3. The summed E-state index contributed by atoms with van der Waals surface area (Å²) in [6.45, 7) is 0.607. The van der Waals surface area contributed by atoms with Gasteiger partial charge in [-0.25, -0.2) is 4.90 Å². The molecule has 0 saturated heterocycles. The lowest BCUT2D eigenvalue weighted by Crippen LogP contribution is -2.30. The third kappa shape index (κ3) is 2.56. The van der Waals surface area contributed by atoms with Crippen molar-refractivity contribution in [1.29, 1.82) is 0 Å². The van der Waals surface area contributed by atoms with Crippen molar-refractivity contribution in [2.75, 3.05) is 11.4 Å². The second kappa shape index (κ2) is 6.93. The molecule has 1 atom stereocenters. The summed E-state index contributed by atoms with van der Waals surface area (Å²) in [6, 6.07) is 14.4. The Labute approximate surface area is 185 Å². The van der Waals surface area contributed by atoms with E-state index in [9.17, 15) is 9.59 Å². The molecule has 2 amide bonds. The molecule has 2 aliphatic heterocycles. The smallest absolute Gasteiger partial charge is 0.266 e. The molecule has 4 heterocycles. The summed E-state index contributed by atoms with van der Waals surface area (Å²) < 4.78 is 4.22. The monoisotopic (exact) mass is 424 g/mol. The number of nitrogens with zero attached hydrogens (tertiary/aromatic N) is 3. The Balaban J connectivity index is 1.48. The zero-order valence-corrected chi connectivity index (χ0v) is 17.9. The lowest BCUT2D eigenvalue weighted by Gasteiger charge is -2.25. The highest BCUT2D eigenvalue weighted by Gasteiger charge is 2.37. The molecule has 2 N–H and O–H groups in total. The molecule has 0 spiro atoms. The van der Waals surface area contributed by atoms with Crippen LogP contribution in [0.4, 0.5) is 5.69 Å². The number of para-hydroxylation sites is 2. The van der Waals surface area contributed by atoms with Gasteiger partial charge in [0.15, 0.2) is 0 Å². The van der Waals surface area contributed by atoms with Crippen LogP contribution in [0.2, 0.25) is 0 Å². The van der Waals surface area contributed by atoms with E-state index in [0.717, 1.165) is 46.6 Å². The molecule has 32 heavy (non-hydrogen) atoms. The molecule has 6 heteroatoms. The van der Waals surface area contributed by atoms with Crippen molar-refractivity contribution in [2.24, 2.45) is 12.8 Å². The minimum absolute atomic E-state index is 0.273. The van der Waals surface area contributed by atoms with Gasteiger partial charge in [-0.3, -0.25) is 9.59 Å². The molecular formula is C26H24N4O2. The van der Waals surface area contributed by atoms with Crippen LogP contribution in [-0.2, 0) is 23.1 Å². The van der Waals surface area contributed by atoms with Gasteiger partial charge in [0.25, 0.3) is 11.8 Å². The van der Waals surface area contributed by atoms with Crippen LogP contribution in [0.25, 0.3) is 27.4 Å². The van der Waals surface area contributed by atoms with Gasteiger partial charge in [-0.1, -0.05) is 36.4 Å². The summed E-state index contributed by atoms with van der Waals surface area (Å²) >= 11 is 0. The Morgan fingerprint density at radius 1 is 1.03 bits per heavy atom. The number of fused-ring (bicyclic) bond motifs is 1. The third-order valence-electron chi connectivity index (χ3n) is 6.91. The number of nitrogens with two attached hydrogens (primary N) is 1. The first-order valence-electron chi connectivity index (χ1n) is 11.1. The molecule has 4 aromatic rings. The highest BCUT2D eigenvalue weighted by molar-refractivity contribution is 6.45. The molecule has 0 radical (unpaired) electrons. The molecule has 0 fully saturated rings. The van der Waals surface area contributed by atoms with Crippen molar-refractivity contribution in [2.45, 2.75) is 25.3 Å². The first-order valence-corrected chi connectivity index (χ1v) is 11.1. The molecule has 160 valence electrons. The van der Waals surface area contributed by atoms with Crippen LogP contribution < -0.4 is 10.6 Å². The van der Waals surface area contributed by atoms with E-state index in [2.05, 4.69) is 10.6 Å². The number of carbonyl (C=O) groups excluding carboxylic acids is 2. The maximum absolute atomic E-state index is 13.6. The van der Waals surface area contributed by atoms with Crippen LogP contribution in [0.1, 0.15) is 30.0 Å². The first kappa shape index (κ1) is 19.1. The molecular weight excluding hydrogens is 400 g/mol. The first-order chi connectivity index (χ1) is 15.6. The SMILES string of the molecule is Cn1cc(C2=CC(=O)N(c3cn4c5c(cccc35)CCC4CCN)C2=O)c2ccccc21. The van der Waals surface area contributed by atoms with Gasteiger partial charge in [0.2, 0.25) is 0 Å². The van der Waals surface area contributed by atoms with Gasteiger partial charge in [0.05, 0.1) is 16.8 Å². The minimum atomic E-state index is -0.294. The van der Waals surface area contributed by atoms with E-state index in [1.54, 1.807) is 0 Å². The fraction of sp³-hybridized carbons (Fsp3) is 0.231. The van der Waals surface area contributed by atoms with E-state index in [4.69, 9.17) is 5.73 Å². The van der Waals surface area contributed by atoms with E-state index in [0.29, 0.717) is 17.8 Å². The maximum atomic E-state index is 13.6. The van der Waals surface area contributed by atoms with E-state index in [1.165, 1.54) is 16.5 Å². The van der Waals surface area contributed by atoms with Crippen LogP contribution >= 0.6 is 0 Å². The highest BCUT2D eigenvalue weighted by Crippen LogP contribution is 2.42. The molecule has 0 saturated carbocycles. The number of carbonyl (C=O) groups is 2. The van der Waals surface area contributed by atoms with Crippen LogP contribution in [0.3, 0.4) is 0 Å². The van der Waals surface area contributed by atoms with E-state index >= 15 is 0 Å². The number of hydrogen-bond donors (Lipinski definition) is 1. The zero-order chi connectivity index (χ0) is 22.0. The topological polar surface area (TPSA) is 73.3 Å². The van der Waals surface area contributed by atoms with Crippen molar-refractivity contribution in [3.63, 3.8) is 0 Å². The van der Waals surface area contributed by atoms with Crippen LogP contribution in [0.5, 0.6) is 0 Å². The maximum Gasteiger partial charge on any atom is 0.266 e. The Hall–Kier alpha value is -3.64. The summed E-state index contributed by atoms with van der Waals surface area (Å²) in [6.07, 6.45) is 8.25. The molecule has 6 rings (SSSR count). The second-order valence-corrected chi connectivity index (χ2v) is 8.71. The van der Waals surface area contributed by atoms with Crippen LogP contribution in [0, 0.1) is 0 Å². The van der Waals surface area contributed by atoms with Gasteiger partial charge in [-0.2, -0.15) is 0 Å². The number of imide groups is 1. The van der Waals surface area contributed by atoms with Crippen molar-refractivity contribution in [3.05, 3.63) is 72.1 Å². The summed E-state index contributed by atoms with van der Waals surface area (Å²) in [5.74, 6) is -0.567. The number of aryl methyl sites for hydroxylation is 2. The molecule has 0 bridgehead atoms. The number of rotatable bonds is 4. The number of benzene rings is 2. The van der Waals surface area contributed by atoms with Crippen molar-refractivity contribution in [1.82, 2.24) is 9.13 Å².